The Morgan fingerprint density at radius 1 is 1.19 bits per heavy atom. The number of hydrogen-bond donors (Lipinski definition) is 2. The summed E-state index contributed by atoms with van der Waals surface area (Å²) in [5, 5.41) is 8.41. The van der Waals surface area contributed by atoms with Crippen molar-refractivity contribution in [1.29, 1.82) is 0 Å². The number of carboxylic acids is 1. The van der Waals surface area contributed by atoms with Crippen LogP contribution >= 0.6 is 0 Å². The molecule has 0 unspecified atom stereocenters. The van der Waals surface area contributed by atoms with Crippen LogP contribution < -0.4 is 5.32 Å². The Morgan fingerprint density at radius 2 is 1.75 bits per heavy atom. The summed E-state index contributed by atoms with van der Waals surface area (Å²) in [5.74, 6) is -5.91. The maximum atomic E-state index is 12.9. The van der Waals surface area contributed by atoms with Crippen molar-refractivity contribution in [3.8, 4) is 0 Å². The van der Waals surface area contributed by atoms with E-state index in [-0.39, 0.29) is 12.2 Å². The van der Waals surface area contributed by atoms with E-state index in [0.717, 1.165) is 13.8 Å². The molecule has 2 amide bonds. The van der Waals surface area contributed by atoms with Crippen molar-refractivity contribution in [2.75, 3.05) is 0 Å². The quantitative estimate of drug-likeness (QED) is 0.451. The highest BCUT2D eigenvalue weighted by Gasteiger charge is 2.73. The molecule has 2 saturated heterocycles. The van der Waals surface area contributed by atoms with Crippen LogP contribution in [-0.4, -0.2) is 70.6 Å². The summed E-state index contributed by atoms with van der Waals surface area (Å²) in [6.45, 7) is 1.89. The normalized spacial score (nSPS) is 25.5. The van der Waals surface area contributed by atoms with Gasteiger partial charge in [0.05, 0.1) is 5.56 Å². The average molecular weight is 478 g/mol. The van der Waals surface area contributed by atoms with E-state index in [2.05, 4.69) is 0 Å². The second-order valence-electron chi connectivity index (χ2n) is 7.75. The summed E-state index contributed by atoms with van der Waals surface area (Å²) in [5.41, 5.74) is 0.368. The molecular formula is C18H17F3N2O8S. The number of β-lactam (4-membered cyclic amide) rings is 1. The zero-order valence-corrected chi connectivity index (χ0v) is 17.4. The number of nitrogens with zero attached hydrogens (tertiary/aromatic N) is 1. The van der Waals surface area contributed by atoms with Gasteiger partial charge in [-0.1, -0.05) is 12.1 Å². The Bertz CT molecular complexity index is 1100. The summed E-state index contributed by atoms with van der Waals surface area (Å²) in [7, 11) is -4.37. The fraction of sp³-hybridized carbons (Fsp3) is 0.444. The van der Waals surface area contributed by atoms with Gasteiger partial charge in [-0.2, -0.15) is 13.2 Å². The molecule has 10 nitrogen and oxygen atoms in total. The highest BCUT2D eigenvalue weighted by molar-refractivity contribution is 7.94. The number of carbonyl (C=O) groups excluding carboxylic acids is 3. The lowest BCUT2D eigenvalue weighted by Crippen LogP contribution is -2.72. The molecule has 1 aromatic rings. The average Bonchev–Trinajstić information content (AvgIpc) is 2.83. The molecule has 2 aliphatic rings. The minimum atomic E-state index is -5.33. The van der Waals surface area contributed by atoms with E-state index in [0.29, 0.717) is 10.5 Å². The highest BCUT2D eigenvalue weighted by Crippen LogP contribution is 2.46. The fourth-order valence-electron chi connectivity index (χ4n) is 3.62. The first kappa shape index (κ1) is 23.5. The van der Waals surface area contributed by atoms with E-state index >= 15 is 0 Å². The van der Waals surface area contributed by atoms with Crippen molar-refractivity contribution in [2.45, 2.75) is 48.8 Å². The van der Waals surface area contributed by atoms with Gasteiger partial charge in [0.15, 0.2) is 15.2 Å². The zero-order valence-electron chi connectivity index (χ0n) is 16.5. The molecule has 32 heavy (non-hydrogen) atoms. The number of hydrogen-bond acceptors (Lipinski definition) is 7. The number of aromatic carboxylic acids is 1. The number of carboxylic acid groups (broad SMARTS) is 1. The maximum Gasteiger partial charge on any atom is 0.471 e. The van der Waals surface area contributed by atoms with E-state index < -0.39 is 62.0 Å². The van der Waals surface area contributed by atoms with Gasteiger partial charge in [0, 0.05) is 0 Å². The molecule has 14 heteroatoms. The third kappa shape index (κ3) is 3.57. The van der Waals surface area contributed by atoms with Gasteiger partial charge in [0.25, 0.3) is 0 Å². The Kier molecular flexibility index (Phi) is 5.48. The molecular weight excluding hydrogens is 461 g/mol. The van der Waals surface area contributed by atoms with Gasteiger partial charge in [0.1, 0.15) is 23.4 Å². The van der Waals surface area contributed by atoms with Crippen molar-refractivity contribution in [3.05, 3.63) is 35.4 Å². The molecule has 0 aliphatic carbocycles. The number of sulfone groups is 1. The summed E-state index contributed by atoms with van der Waals surface area (Å²) in [6, 6.07) is 1.63. The lowest BCUT2D eigenvalue weighted by atomic mass is 9.96. The first-order valence-electron chi connectivity index (χ1n) is 9.03. The van der Waals surface area contributed by atoms with Crippen LogP contribution in [0.25, 0.3) is 0 Å². The first-order valence-corrected chi connectivity index (χ1v) is 10.6. The number of fused-ring (bicyclic) bond motifs is 1. The number of rotatable bonds is 5. The van der Waals surface area contributed by atoms with Gasteiger partial charge in [-0.3, -0.25) is 9.59 Å². The lowest BCUT2D eigenvalue weighted by Gasteiger charge is -2.43. The molecule has 0 spiro atoms. The second kappa shape index (κ2) is 7.46. The lowest BCUT2D eigenvalue weighted by molar-refractivity contribution is -0.179. The van der Waals surface area contributed by atoms with E-state index in [4.69, 9.17) is 9.84 Å². The van der Waals surface area contributed by atoms with E-state index in [1.165, 1.54) is 29.6 Å². The molecule has 0 saturated carbocycles. The van der Waals surface area contributed by atoms with Crippen LogP contribution in [0.2, 0.25) is 0 Å². The predicted molar refractivity (Wildman–Crippen MR) is 98.6 cm³/mol. The van der Waals surface area contributed by atoms with Crippen LogP contribution in [0.4, 0.5) is 13.2 Å². The fourth-order valence-corrected chi connectivity index (χ4v) is 5.83. The van der Waals surface area contributed by atoms with Gasteiger partial charge in [-0.25, -0.2) is 18.0 Å². The molecule has 2 N–H and O–H groups in total. The van der Waals surface area contributed by atoms with Gasteiger partial charge in [-0.15, -0.1) is 0 Å². The summed E-state index contributed by atoms with van der Waals surface area (Å²) in [4.78, 5) is 47.7. The van der Waals surface area contributed by atoms with Crippen LogP contribution in [0, 0.1) is 0 Å². The smallest absolute Gasteiger partial charge is 0.471 e. The number of halogens is 3. The minimum absolute atomic E-state index is 0.0101. The number of amides is 2. The molecule has 0 bridgehead atoms. The van der Waals surface area contributed by atoms with Crippen LogP contribution in [0.1, 0.15) is 29.8 Å². The Hall–Kier alpha value is -3.16. The summed E-state index contributed by atoms with van der Waals surface area (Å²) >= 11 is 0. The minimum Gasteiger partial charge on any atom is -0.478 e. The molecule has 2 heterocycles. The summed E-state index contributed by atoms with van der Waals surface area (Å²) < 4.78 is 66.5. The van der Waals surface area contributed by atoms with Crippen molar-refractivity contribution in [2.24, 2.45) is 0 Å². The summed E-state index contributed by atoms with van der Waals surface area (Å²) in [6.07, 6.45) is -5.33. The zero-order chi connectivity index (χ0) is 24.2. The molecule has 3 atom stereocenters. The predicted octanol–water partition coefficient (Wildman–Crippen LogP) is 0.219. The second-order valence-corrected chi connectivity index (χ2v) is 10.4. The van der Waals surface area contributed by atoms with Crippen LogP contribution in [0.3, 0.4) is 0 Å². The first-order chi connectivity index (χ1) is 14.6. The van der Waals surface area contributed by atoms with Gasteiger partial charge < -0.3 is 20.1 Å². The van der Waals surface area contributed by atoms with Gasteiger partial charge in [-0.05, 0) is 31.5 Å². The third-order valence-electron chi connectivity index (χ3n) is 5.42. The number of benzene rings is 1. The molecule has 0 radical (unpaired) electrons. The van der Waals surface area contributed by atoms with E-state index in [1.54, 1.807) is 0 Å². The molecule has 2 fully saturated rings. The van der Waals surface area contributed by atoms with E-state index in [1.807, 2.05) is 0 Å². The SMILES string of the molecule is CC1(C)[C@H](C(=O)OCc2ccc(C(=O)O)cc2)N2C(=O)[C@H](NC(=O)C(F)(F)F)[C@H]2S1(=O)=O. The van der Waals surface area contributed by atoms with Crippen LogP contribution in [-0.2, 0) is 35.6 Å². The molecule has 1 aromatic carbocycles. The van der Waals surface area contributed by atoms with Crippen molar-refractivity contribution in [1.82, 2.24) is 10.2 Å². The molecule has 0 aromatic heterocycles. The van der Waals surface area contributed by atoms with Gasteiger partial charge >= 0.3 is 24.0 Å². The largest absolute Gasteiger partial charge is 0.478 e. The highest BCUT2D eigenvalue weighted by atomic mass is 32.2. The maximum absolute atomic E-state index is 12.9. The topological polar surface area (TPSA) is 147 Å². The van der Waals surface area contributed by atoms with Crippen LogP contribution in [0.15, 0.2) is 24.3 Å². The Balaban J connectivity index is 1.79. The van der Waals surface area contributed by atoms with Gasteiger partial charge in [0.2, 0.25) is 5.91 Å². The number of ether oxygens (including phenoxy) is 1. The molecule has 2 aliphatic heterocycles. The number of alkyl halides is 3. The molecule has 174 valence electrons. The van der Waals surface area contributed by atoms with Crippen molar-refractivity contribution < 1.29 is 50.6 Å². The van der Waals surface area contributed by atoms with E-state index in [9.17, 15) is 40.8 Å². The monoisotopic (exact) mass is 478 g/mol. The number of carbonyl (C=O) groups is 4. The molecule has 3 rings (SSSR count). The van der Waals surface area contributed by atoms with Crippen LogP contribution in [0.5, 0.6) is 0 Å². The Labute approximate surface area is 179 Å². The number of esters is 1. The third-order valence-corrected chi connectivity index (χ3v) is 8.24. The van der Waals surface area contributed by atoms with Crippen molar-refractivity contribution >= 4 is 33.6 Å². The number of nitrogens with one attached hydrogen (secondary N) is 1. The standard InChI is InChI=1S/C18H17F3N2O8S/c1-17(2)11(15(27)31-7-8-3-5-9(6-4-8)14(25)26)23-12(24)10(13(23)32(17,29)30)22-16(28)18(19,20)21/h3-6,10-11,13H,7H2,1-2H3,(H,22,28)(H,25,26)/t10-,11-,13+/m0/s1. The van der Waals surface area contributed by atoms with Crippen molar-refractivity contribution in [3.63, 3.8) is 0 Å². The Morgan fingerprint density at radius 3 is 2.25 bits per heavy atom.